The summed E-state index contributed by atoms with van der Waals surface area (Å²) in [4.78, 5) is 28.3. The highest BCUT2D eigenvalue weighted by atomic mass is 35.5. The number of hydrogen-bond acceptors (Lipinski definition) is 5. The Balaban J connectivity index is 1.71. The number of hydrazone groups is 1. The molecule has 0 bridgehead atoms. The van der Waals surface area contributed by atoms with Crippen molar-refractivity contribution in [2.45, 2.75) is 32.2 Å². The van der Waals surface area contributed by atoms with Crippen LogP contribution in [0.15, 0.2) is 53.6 Å². The van der Waals surface area contributed by atoms with E-state index in [0.29, 0.717) is 41.1 Å². The number of carbonyl (C=O) groups is 2. The molecule has 33 heavy (non-hydrogen) atoms. The van der Waals surface area contributed by atoms with E-state index < -0.39 is 17.9 Å². The zero-order valence-corrected chi connectivity index (χ0v) is 18.6. The van der Waals surface area contributed by atoms with E-state index in [1.54, 1.807) is 18.2 Å². The second kappa shape index (κ2) is 9.54. The van der Waals surface area contributed by atoms with Crippen LogP contribution in [0.3, 0.4) is 0 Å². The van der Waals surface area contributed by atoms with E-state index in [1.807, 2.05) is 25.1 Å². The van der Waals surface area contributed by atoms with Crippen molar-refractivity contribution in [3.63, 3.8) is 0 Å². The predicted octanol–water partition coefficient (Wildman–Crippen LogP) is 4.97. The van der Waals surface area contributed by atoms with Crippen LogP contribution in [-0.4, -0.2) is 39.3 Å². The molecule has 2 aromatic carbocycles. The molecule has 2 heterocycles. The number of rotatable bonds is 7. The zero-order chi connectivity index (χ0) is 23.5. The van der Waals surface area contributed by atoms with E-state index in [4.69, 9.17) is 21.4 Å². The summed E-state index contributed by atoms with van der Waals surface area (Å²) in [6.07, 6.45) is -0.190. The van der Waals surface area contributed by atoms with Crippen molar-refractivity contribution in [1.82, 2.24) is 9.99 Å². The van der Waals surface area contributed by atoms with Gasteiger partial charge in [-0.2, -0.15) is 5.10 Å². The van der Waals surface area contributed by atoms with Crippen LogP contribution in [0.5, 0.6) is 5.75 Å². The third kappa shape index (κ3) is 4.96. The van der Waals surface area contributed by atoms with Crippen LogP contribution in [0.2, 0.25) is 5.15 Å². The van der Waals surface area contributed by atoms with Crippen molar-refractivity contribution in [2.75, 3.05) is 6.61 Å². The second-order valence-corrected chi connectivity index (χ2v) is 7.92. The van der Waals surface area contributed by atoms with Gasteiger partial charge >= 0.3 is 5.97 Å². The number of carboxylic acids is 1. The van der Waals surface area contributed by atoms with Gasteiger partial charge in [0.15, 0.2) is 0 Å². The highest BCUT2D eigenvalue weighted by molar-refractivity contribution is 6.30. The van der Waals surface area contributed by atoms with Crippen LogP contribution in [0.4, 0.5) is 4.39 Å². The summed E-state index contributed by atoms with van der Waals surface area (Å²) in [5.74, 6) is -1.22. The summed E-state index contributed by atoms with van der Waals surface area (Å²) in [6, 6.07) is 12.6. The van der Waals surface area contributed by atoms with Crippen molar-refractivity contribution in [2.24, 2.45) is 5.10 Å². The van der Waals surface area contributed by atoms with E-state index in [1.165, 1.54) is 17.1 Å². The van der Waals surface area contributed by atoms with Gasteiger partial charge < -0.3 is 9.84 Å². The van der Waals surface area contributed by atoms with Gasteiger partial charge in [-0.05, 0) is 42.8 Å². The summed E-state index contributed by atoms with van der Waals surface area (Å²) < 4.78 is 18.9. The highest BCUT2D eigenvalue weighted by Crippen LogP contribution is 2.38. The summed E-state index contributed by atoms with van der Waals surface area (Å²) in [5, 5.41) is 15.7. The zero-order valence-electron chi connectivity index (χ0n) is 17.8. The van der Waals surface area contributed by atoms with Crippen molar-refractivity contribution >= 4 is 40.1 Å². The Labute approximate surface area is 194 Å². The molecule has 0 fully saturated rings. The Hall–Kier alpha value is -3.52. The fourth-order valence-electron chi connectivity index (χ4n) is 3.76. The number of hydrogen-bond donors (Lipinski definition) is 1. The minimum absolute atomic E-state index is 0.206. The number of carbonyl (C=O) groups excluding carboxylic acids is 1. The van der Waals surface area contributed by atoms with Crippen molar-refractivity contribution in [3.8, 4) is 5.75 Å². The maximum Gasteiger partial charge on any atom is 0.303 e. The van der Waals surface area contributed by atoms with Crippen molar-refractivity contribution in [3.05, 3.63) is 70.6 Å². The predicted molar refractivity (Wildman–Crippen MR) is 122 cm³/mol. The highest BCUT2D eigenvalue weighted by Gasteiger charge is 2.35. The smallest absolute Gasteiger partial charge is 0.303 e. The van der Waals surface area contributed by atoms with Gasteiger partial charge in [0.05, 0.1) is 30.3 Å². The SMILES string of the molecule is CCOc1ccc2cc([C@H]3CC(c4ccc(F)cc4)=NN3C(=O)CCC(=O)O)c(Cl)nc2c1. The number of ether oxygens (including phenoxy) is 1. The molecule has 7 nitrogen and oxygen atoms in total. The molecule has 0 aliphatic carbocycles. The van der Waals surface area contributed by atoms with Crippen LogP contribution in [0, 0.1) is 5.82 Å². The molecule has 1 amide bonds. The number of fused-ring (bicyclic) bond motifs is 1. The normalized spacial score (nSPS) is 15.5. The summed E-state index contributed by atoms with van der Waals surface area (Å²) in [5.41, 5.74) is 2.49. The Kier molecular flexibility index (Phi) is 6.55. The van der Waals surface area contributed by atoms with Gasteiger partial charge in [-0.15, -0.1) is 0 Å². The quantitative estimate of drug-likeness (QED) is 0.493. The number of carboxylic acid groups (broad SMARTS) is 1. The van der Waals surface area contributed by atoms with E-state index in [-0.39, 0.29) is 23.8 Å². The van der Waals surface area contributed by atoms with Gasteiger partial charge in [-0.1, -0.05) is 23.7 Å². The molecule has 1 atom stereocenters. The van der Waals surface area contributed by atoms with Gasteiger partial charge in [0.25, 0.3) is 0 Å². The maximum atomic E-state index is 13.4. The molecule has 1 aliphatic rings. The Bertz CT molecular complexity index is 1250. The topological polar surface area (TPSA) is 92.1 Å². The lowest BCUT2D eigenvalue weighted by Crippen LogP contribution is -2.27. The third-order valence-corrected chi connectivity index (χ3v) is 5.64. The van der Waals surface area contributed by atoms with Gasteiger partial charge in [-0.25, -0.2) is 14.4 Å². The van der Waals surface area contributed by atoms with Crippen LogP contribution in [0.25, 0.3) is 10.9 Å². The van der Waals surface area contributed by atoms with Crippen LogP contribution in [0.1, 0.15) is 43.4 Å². The molecular formula is C24H21ClFN3O4. The first kappa shape index (κ1) is 22.7. The first-order chi connectivity index (χ1) is 15.9. The van der Waals surface area contributed by atoms with Gasteiger partial charge in [-0.3, -0.25) is 9.59 Å². The monoisotopic (exact) mass is 469 g/mol. The molecule has 9 heteroatoms. The van der Waals surface area contributed by atoms with Gasteiger partial charge in [0.1, 0.15) is 16.7 Å². The molecule has 0 radical (unpaired) electrons. The Morgan fingerprint density at radius 1 is 1.18 bits per heavy atom. The standard InChI is InChI=1S/C24H21ClFN3O4/c1-2-33-17-8-5-15-11-18(24(25)27-19(15)12-17)21-13-20(14-3-6-16(26)7-4-14)28-29(21)22(30)9-10-23(31)32/h3-8,11-12,21H,2,9-10,13H2,1H3,(H,31,32)/t21-/m1/s1. The Morgan fingerprint density at radius 3 is 2.64 bits per heavy atom. The molecular weight excluding hydrogens is 449 g/mol. The maximum absolute atomic E-state index is 13.4. The van der Waals surface area contributed by atoms with Gasteiger partial charge in [0, 0.05) is 29.9 Å². The second-order valence-electron chi connectivity index (χ2n) is 7.56. The third-order valence-electron chi connectivity index (χ3n) is 5.34. The number of halogens is 2. The van der Waals surface area contributed by atoms with Crippen molar-refractivity contribution in [1.29, 1.82) is 0 Å². The number of aromatic nitrogens is 1. The van der Waals surface area contributed by atoms with Crippen molar-refractivity contribution < 1.29 is 23.8 Å². The first-order valence-electron chi connectivity index (χ1n) is 10.5. The number of nitrogens with zero attached hydrogens (tertiary/aromatic N) is 3. The molecule has 1 aromatic heterocycles. The van der Waals surface area contributed by atoms with Crippen LogP contribution in [-0.2, 0) is 9.59 Å². The van der Waals surface area contributed by atoms with E-state index in [9.17, 15) is 14.0 Å². The molecule has 3 aromatic rings. The molecule has 1 aliphatic heterocycles. The fraction of sp³-hybridized carbons (Fsp3) is 0.250. The Morgan fingerprint density at radius 2 is 1.94 bits per heavy atom. The lowest BCUT2D eigenvalue weighted by Gasteiger charge is -2.23. The lowest BCUT2D eigenvalue weighted by molar-refractivity contribution is -0.141. The molecule has 0 unspecified atom stereocenters. The van der Waals surface area contributed by atoms with Crippen LogP contribution >= 0.6 is 11.6 Å². The number of amides is 1. The van der Waals surface area contributed by atoms with Gasteiger partial charge in [0.2, 0.25) is 5.91 Å². The average molecular weight is 470 g/mol. The molecule has 4 rings (SSSR count). The van der Waals surface area contributed by atoms with E-state index in [0.717, 1.165) is 5.39 Å². The largest absolute Gasteiger partial charge is 0.494 e. The minimum Gasteiger partial charge on any atom is -0.494 e. The van der Waals surface area contributed by atoms with E-state index in [2.05, 4.69) is 10.1 Å². The molecule has 170 valence electrons. The summed E-state index contributed by atoms with van der Waals surface area (Å²) >= 11 is 6.54. The molecule has 0 saturated heterocycles. The molecule has 0 saturated carbocycles. The fourth-order valence-corrected chi connectivity index (χ4v) is 4.03. The minimum atomic E-state index is -1.07. The van der Waals surface area contributed by atoms with E-state index >= 15 is 0 Å². The molecule has 1 N–H and O–H groups in total. The average Bonchev–Trinajstić information content (AvgIpc) is 3.23. The molecule has 0 spiro atoms. The summed E-state index contributed by atoms with van der Waals surface area (Å²) in [6.45, 7) is 2.42. The summed E-state index contributed by atoms with van der Waals surface area (Å²) in [7, 11) is 0. The number of pyridine rings is 1. The number of benzene rings is 2. The number of aliphatic carboxylic acids is 1. The first-order valence-corrected chi connectivity index (χ1v) is 10.8. The lowest BCUT2D eigenvalue weighted by atomic mass is 9.98. The van der Waals surface area contributed by atoms with Crippen LogP contribution < -0.4 is 4.74 Å².